The highest BCUT2D eigenvalue weighted by molar-refractivity contribution is 7.18. The molecule has 1 fully saturated rings. The third-order valence-electron chi connectivity index (χ3n) is 3.52. The lowest BCUT2D eigenvalue weighted by Crippen LogP contribution is -2.38. The Morgan fingerprint density at radius 2 is 2.00 bits per heavy atom. The van der Waals surface area contributed by atoms with E-state index in [1.165, 1.54) is 24.0 Å². The second kappa shape index (κ2) is 4.23. The van der Waals surface area contributed by atoms with Crippen LogP contribution in [0.15, 0.2) is 18.2 Å². The summed E-state index contributed by atoms with van der Waals surface area (Å²) in [4.78, 5) is 4.68. The maximum Gasteiger partial charge on any atom is 0.114 e. The number of hydrogen-bond donors (Lipinski definition) is 1. The summed E-state index contributed by atoms with van der Waals surface area (Å²) in [5.74, 6) is 0. The van der Waals surface area contributed by atoms with Crippen molar-refractivity contribution in [2.45, 2.75) is 37.6 Å². The summed E-state index contributed by atoms with van der Waals surface area (Å²) < 4.78 is 1.18. The zero-order valence-electron chi connectivity index (χ0n) is 9.58. The van der Waals surface area contributed by atoms with Crippen LogP contribution in [0.5, 0.6) is 0 Å². The van der Waals surface area contributed by atoms with E-state index in [9.17, 15) is 0 Å². The summed E-state index contributed by atoms with van der Waals surface area (Å²) in [6.07, 6.45) is 5.84. The van der Waals surface area contributed by atoms with Crippen molar-refractivity contribution in [1.82, 2.24) is 4.98 Å². The number of halogens is 1. The second-order valence-electron chi connectivity index (χ2n) is 4.85. The molecule has 4 heteroatoms. The van der Waals surface area contributed by atoms with E-state index in [1.807, 2.05) is 18.2 Å². The molecular formula is C13H15ClN2S. The van der Waals surface area contributed by atoms with Crippen molar-refractivity contribution in [3.63, 3.8) is 0 Å². The lowest BCUT2D eigenvalue weighted by atomic mass is 9.83. The number of nitrogens with zero attached hydrogens (tertiary/aromatic N) is 1. The molecule has 90 valence electrons. The first kappa shape index (κ1) is 11.5. The fraction of sp³-hybridized carbons (Fsp3) is 0.462. The van der Waals surface area contributed by atoms with Crippen LogP contribution in [0.25, 0.3) is 10.2 Å². The Morgan fingerprint density at radius 3 is 2.76 bits per heavy atom. The number of fused-ring (bicyclic) bond motifs is 1. The predicted molar refractivity (Wildman–Crippen MR) is 73.6 cm³/mol. The highest BCUT2D eigenvalue weighted by Crippen LogP contribution is 2.38. The van der Waals surface area contributed by atoms with Gasteiger partial charge in [0.25, 0.3) is 0 Å². The van der Waals surface area contributed by atoms with Gasteiger partial charge in [0.05, 0.1) is 15.8 Å². The molecule has 0 aliphatic heterocycles. The number of thiazole rings is 1. The van der Waals surface area contributed by atoms with E-state index >= 15 is 0 Å². The van der Waals surface area contributed by atoms with Gasteiger partial charge in [-0.15, -0.1) is 11.3 Å². The van der Waals surface area contributed by atoms with E-state index < -0.39 is 0 Å². The van der Waals surface area contributed by atoms with E-state index in [4.69, 9.17) is 17.3 Å². The van der Waals surface area contributed by atoms with Crippen molar-refractivity contribution in [2.24, 2.45) is 5.73 Å². The predicted octanol–water partition coefficient (Wildman–Crippen LogP) is 4.07. The van der Waals surface area contributed by atoms with Crippen molar-refractivity contribution in [2.75, 3.05) is 0 Å². The number of rotatable bonds is 1. The maximum atomic E-state index is 6.50. The van der Waals surface area contributed by atoms with Gasteiger partial charge in [0.2, 0.25) is 0 Å². The summed E-state index contributed by atoms with van der Waals surface area (Å²) in [5, 5.41) is 1.82. The summed E-state index contributed by atoms with van der Waals surface area (Å²) >= 11 is 7.70. The zero-order valence-corrected chi connectivity index (χ0v) is 11.2. The number of aromatic nitrogens is 1. The third kappa shape index (κ3) is 2.07. The van der Waals surface area contributed by atoms with Crippen LogP contribution in [-0.4, -0.2) is 4.98 Å². The minimum Gasteiger partial charge on any atom is -0.319 e. The average molecular weight is 267 g/mol. The number of benzene rings is 1. The third-order valence-corrected chi connectivity index (χ3v) is 5.01. The summed E-state index contributed by atoms with van der Waals surface area (Å²) in [5.41, 5.74) is 7.28. The number of hydrogen-bond acceptors (Lipinski definition) is 3. The van der Waals surface area contributed by atoms with E-state index in [0.717, 1.165) is 28.4 Å². The van der Waals surface area contributed by atoms with Crippen LogP contribution in [0.1, 0.15) is 37.1 Å². The zero-order chi connectivity index (χ0) is 11.9. The van der Waals surface area contributed by atoms with E-state index in [2.05, 4.69) is 4.98 Å². The average Bonchev–Trinajstić information content (AvgIpc) is 2.73. The van der Waals surface area contributed by atoms with Gasteiger partial charge in [0.15, 0.2) is 0 Å². The molecule has 2 N–H and O–H groups in total. The first-order valence-corrected chi connectivity index (χ1v) is 7.22. The normalized spacial score (nSPS) is 19.6. The van der Waals surface area contributed by atoms with Gasteiger partial charge < -0.3 is 5.73 Å². The van der Waals surface area contributed by atoms with Crippen LogP contribution < -0.4 is 5.73 Å². The topological polar surface area (TPSA) is 38.9 Å². The second-order valence-corrected chi connectivity index (χ2v) is 6.31. The Bertz CT molecular complexity index is 543. The van der Waals surface area contributed by atoms with Gasteiger partial charge in [-0.3, -0.25) is 0 Å². The van der Waals surface area contributed by atoms with Gasteiger partial charge in [0.1, 0.15) is 5.01 Å². The monoisotopic (exact) mass is 266 g/mol. The molecule has 0 amide bonds. The van der Waals surface area contributed by atoms with Gasteiger partial charge in [-0.05, 0) is 31.0 Å². The molecule has 0 bridgehead atoms. The highest BCUT2D eigenvalue weighted by Gasteiger charge is 2.32. The molecule has 17 heavy (non-hydrogen) atoms. The fourth-order valence-corrected chi connectivity index (χ4v) is 3.78. The van der Waals surface area contributed by atoms with Crippen molar-refractivity contribution in [3.05, 3.63) is 28.2 Å². The number of nitrogens with two attached hydrogens (primary N) is 1. The van der Waals surface area contributed by atoms with Crippen molar-refractivity contribution >= 4 is 33.2 Å². The molecule has 3 rings (SSSR count). The highest BCUT2D eigenvalue weighted by atomic mass is 35.5. The molecule has 1 aliphatic carbocycles. The van der Waals surface area contributed by atoms with Crippen LogP contribution in [-0.2, 0) is 5.54 Å². The Kier molecular flexibility index (Phi) is 2.85. The first-order valence-electron chi connectivity index (χ1n) is 6.03. The smallest absolute Gasteiger partial charge is 0.114 e. The van der Waals surface area contributed by atoms with E-state index in [1.54, 1.807) is 11.3 Å². The molecular weight excluding hydrogens is 252 g/mol. The largest absolute Gasteiger partial charge is 0.319 e. The van der Waals surface area contributed by atoms with Gasteiger partial charge in [-0.25, -0.2) is 4.98 Å². The van der Waals surface area contributed by atoms with Crippen LogP contribution in [0.4, 0.5) is 0 Å². The molecule has 1 aliphatic rings. The van der Waals surface area contributed by atoms with E-state index in [0.29, 0.717) is 0 Å². The molecule has 1 aromatic carbocycles. The quantitative estimate of drug-likeness (QED) is 0.845. The van der Waals surface area contributed by atoms with Crippen LogP contribution in [0.3, 0.4) is 0 Å². The van der Waals surface area contributed by atoms with Gasteiger partial charge in [-0.1, -0.05) is 30.9 Å². The molecule has 2 aromatic rings. The molecule has 2 nitrogen and oxygen atoms in total. The fourth-order valence-electron chi connectivity index (χ4n) is 2.51. The van der Waals surface area contributed by atoms with Gasteiger partial charge >= 0.3 is 0 Å². The SMILES string of the molecule is NC1(c2nc3cc(Cl)ccc3s2)CCCCC1. The molecule has 0 radical (unpaired) electrons. The van der Waals surface area contributed by atoms with Crippen LogP contribution >= 0.6 is 22.9 Å². The molecule has 1 aromatic heterocycles. The maximum absolute atomic E-state index is 6.50. The minimum atomic E-state index is -0.200. The summed E-state index contributed by atoms with van der Waals surface area (Å²) in [7, 11) is 0. The molecule has 0 spiro atoms. The minimum absolute atomic E-state index is 0.200. The Morgan fingerprint density at radius 1 is 1.24 bits per heavy atom. The Balaban J connectivity index is 2.05. The molecule has 0 unspecified atom stereocenters. The van der Waals surface area contributed by atoms with Gasteiger partial charge in [-0.2, -0.15) is 0 Å². The molecule has 0 atom stereocenters. The summed E-state index contributed by atoms with van der Waals surface area (Å²) in [6.45, 7) is 0. The van der Waals surface area contributed by atoms with Gasteiger partial charge in [0, 0.05) is 5.02 Å². The first-order chi connectivity index (χ1) is 8.17. The lowest BCUT2D eigenvalue weighted by molar-refractivity contribution is 0.302. The Labute approximate surface area is 110 Å². The van der Waals surface area contributed by atoms with Crippen LogP contribution in [0.2, 0.25) is 5.02 Å². The Hall–Kier alpha value is -0.640. The van der Waals surface area contributed by atoms with Crippen LogP contribution in [0, 0.1) is 0 Å². The molecule has 1 heterocycles. The van der Waals surface area contributed by atoms with Crippen molar-refractivity contribution in [1.29, 1.82) is 0 Å². The van der Waals surface area contributed by atoms with E-state index in [-0.39, 0.29) is 5.54 Å². The standard InChI is InChI=1S/C13H15ClN2S/c14-9-4-5-11-10(8-9)16-12(17-11)13(15)6-2-1-3-7-13/h4-5,8H,1-3,6-7,15H2. The lowest BCUT2D eigenvalue weighted by Gasteiger charge is -2.31. The van der Waals surface area contributed by atoms with Crippen molar-refractivity contribution < 1.29 is 0 Å². The molecule has 1 saturated carbocycles. The molecule has 0 saturated heterocycles. The van der Waals surface area contributed by atoms with Crippen molar-refractivity contribution in [3.8, 4) is 0 Å². The summed E-state index contributed by atoms with van der Waals surface area (Å²) in [6, 6.07) is 5.87.